The summed E-state index contributed by atoms with van der Waals surface area (Å²) in [6.07, 6.45) is 3.92. The number of esters is 2. The van der Waals surface area contributed by atoms with Crippen molar-refractivity contribution in [2.75, 3.05) is 14.2 Å². The van der Waals surface area contributed by atoms with Gasteiger partial charge in [0.05, 0.1) is 25.3 Å². The van der Waals surface area contributed by atoms with E-state index in [-0.39, 0.29) is 17.4 Å². The van der Waals surface area contributed by atoms with Gasteiger partial charge in [-0.3, -0.25) is 0 Å². The lowest BCUT2D eigenvalue weighted by Gasteiger charge is -2.21. The summed E-state index contributed by atoms with van der Waals surface area (Å²) in [5.41, 5.74) is 6.49. The summed E-state index contributed by atoms with van der Waals surface area (Å²) in [7, 11) is 2.81. The van der Waals surface area contributed by atoms with Crippen molar-refractivity contribution < 1.29 is 19.1 Å². The van der Waals surface area contributed by atoms with Gasteiger partial charge < -0.3 is 9.47 Å². The van der Waals surface area contributed by atoms with Gasteiger partial charge in [-0.05, 0) is 77.6 Å². The van der Waals surface area contributed by atoms with E-state index >= 15 is 0 Å². The summed E-state index contributed by atoms with van der Waals surface area (Å²) < 4.78 is 9.65. The molecule has 0 amide bonds. The lowest BCUT2D eigenvalue weighted by atomic mass is 9.82. The lowest BCUT2D eigenvalue weighted by Crippen LogP contribution is -2.21. The fourth-order valence-corrected chi connectivity index (χ4v) is 4.41. The number of ether oxygens (including phenoxy) is 2. The Bertz CT molecular complexity index is 808. The molecule has 0 bridgehead atoms. The predicted octanol–water partition coefficient (Wildman–Crippen LogP) is 3.14. The van der Waals surface area contributed by atoms with Gasteiger partial charge in [0.25, 0.3) is 0 Å². The van der Waals surface area contributed by atoms with Crippen LogP contribution in [0.25, 0.3) is 0 Å². The number of benzene rings is 2. The molecule has 4 rings (SSSR count). The molecule has 0 saturated carbocycles. The van der Waals surface area contributed by atoms with E-state index in [0.717, 1.165) is 25.7 Å². The highest BCUT2D eigenvalue weighted by atomic mass is 16.5. The first-order valence-corrected chi connectivity index (χ1v) is 8.44. The molecule has 0 N–H and O–H groups in total. The second kappa shape index (κ2) is 5.73. The molecule has 1 spiro atoms. The van der Waals surface area contributed by atoms with Crippen LogP contribution < -0.4 is 0 Å². The quantitative estimate of drug-likeness (QED) is 0.791. The second-order valence-electron chi connectivity index (χ2n) is 7.16. The third-order valence-electron chi connectivity index (χ3n) is 5.52. The molecule has 4 nitrogen and oxygen atoms in total. The van der Waals surface area contributed by atoms with Crippen molar-refractivity contribution in [3.63, 3.8) is 0 Å². The van der Waals surface area contributed by atoms with E-state index in [1.165, 1.54) is 36.5 Å². The van der Waals surface area contributed by atoms with E-state index in [0.29, 0.717) is 11.1 Å². The number of rotatable bonds is 2. The van der Waals surface area contributed by atoms with Crippen LogP contribution >= 0.6 is 0 Å². The molecular weight excluding hydrogens is 316 g/mol. The summed E-state index contributed by atoms with van der Waals surface area (Å²) >= 11 is 0. The molecule has 0 unspecified atom stereocenters. The molecule has 0 aromatic heterocycles. The Morgan fingerprint density at radius 1 is 0.720 bits per heavy atom. The van der Waals surface area contributed by atoms with Crippen LogP contribution in [-0.2, 0) is 35.2 Å². The zero-order valence-electron chi connectivity index (χ0n) is 14.4. The maximum Gasteiger partial charge on any atom is 0.337 e. The molecule has 0 saturated heterocycles. The Hall–Kier alpha value is -2.62. The summed E-state index contributed by atoms with van der Waals surface area (Å²) in [4.78, 5) is 23.5. The Morgan fingerprint density at radius 3 is 1.52 bits per heavy atom. The molecule has 0 heterocycles. The minimum absolute atomic E-state index is 0.161. The van der Waals surface area contributed by atoms with Gasteiger partial charge in [0.15, 0.2) is 0 Å². The van der Waals surface area contributed by atoms with E-state index in [4.69, 9.17) is 9.47 Å². The van der Waals surface area contributed by atoms with Gasteiger partial charge in [-0.25, -0.2) is 9.59 Å². The van der Waals surface area contributed by atoms with Crippen LogP contribution in [0.1, 0.15) is 43.0 Å². The Labute approximate surface area is 146 Å². The Morgan fingerprint density at radius 2 is 1.12 bits per heavy atom. The third kappa shape index (κ3) is 2.62. The number of hydrogen-bond acceptors (Lipinski definition) is 4. The fourth-order valence-electron chi connectivity index (χ4n) is 4.41. The van der Waals surface area contributed by atoms with Crippen molar-refractivity contribution in [3.8, 4) is 0 Å². The van der Waals surface area contributed by atoms with Crippen molar-refractivity contribution in [3.05, 3.63) is 69.8 Å². The maximum atomic E-state index is 11.8. The van der Waals surface area contributed by atoms with Crippen LogP contribution in [0.3, 0.4) is 0 Å². The number of fused-ring (bicyclic) bond motifs is 2. The van der Waals surface area contributed by atoms with Crippen LogP contribution in [0, 0.1) is 5.41 Å². The minimum atomic E-state index is -0.291. The molecule has 128 valence electrons. The molecule has 4 heteroatoms. The van der Waals surface area contributed by atoms with Crippen molar-refractivity contribution in [1.29, 1.82) is 0 Å². The summed E-state index contributed by atoms with van der Waals surface area (Å²) in [5, 5.41) is 0. The first-order valence-electron chi connectivity index (χ1n) is 8.44. The van der Waals surface area contributed by atoms with E-state index in [9.17, 15) is 9.59 Å². The number of carbonyl (C=O) groups is 2. The van der Waals surface area contributed by atoms with Crippen LogP contribution in [-0.4, -0.2) is 26.2 Å². The maximum absolute atomic E-state index is 11.8. The van der Waals surface area contributed by atoms with E-state index in [2.05, 4.69) is 12.1 Å². The minimum Gasteiger partial charge on any atom is -0.465 e. The van der Waals surface area contributed by atoms with Crippen LogP contribution in [0.4, 0.5) is 0 Å². The second-order valence-corrected chi connectivity index (χ2v) is 7.16. The fraction of sp³-hybridized carbons (Fsp3) is 0.333. The van der Waals surface area contributed by atoms with Gasteiger partial charge >= 0.3 is 11.9 Å². The van der Waals surface area contributed by atoms with E-state index in [1.807, 2.05) is 24.3 Å². The molecule has 0 fully saturated rings. The smallest absolute Gasteiger partial charge is 0.337 e. The zero-order valence-corrected chi connectivity index (χ0v) is 14.4. The highest BCUT2D eigenvalue weighted by Gasteiger charge is 2.42. The highest BCUT2D eigenvalue weighted by Crippen LogP contribution is 2.47. The normalized spacial score (nSPS) is 16.4. The van der Waals surface area contributed by atoms with Crippen molar-refractivity contribution in [2.24, 2.45) is 5.41 Å². The van der Waals surface area contributed by atoms with Gasteiger partial charge in [-0.2, -0.15) is 0 Å². The van der Waals surface area contributed by atoms with Crippen LogP contribution in [0.5, 0.6) is 0 Å². The van der Waals surface area contributed by atoms with Gasteiger partial charge in [0.1, 0.15) is 0 Å². The SMILES string of the molecule is COC(=O)c1ccc2c(c1)CC1(C2)Cc2ccc(C(=O)OC)cc2C1. The first-order chi connectivity index (χ1) is 12.0. The molecule has 2 aliphatic rings. The average Bonchev–Trinajstić information content (AvgIpc) is 3.16. The van der Waals surface area contributed by atoms with Crippen molar-refractivity contribution >= 4 is 11.9 Å². The van der Waals surface area contributed by atoms with Gasteiger partial charge in [-0.1, -0.05) is 12.1 Å². The van der Waals surface area contributed by atoms with E-state index in [1.54, 1.807) is 0 Å². The molecule has 0 atom stereocenters. The standard InChI is InChI=1S/C21H20O4/c1-24-19(22)13-3-5-15-9-21(11-17(15)7-13)10-16-6-4-14(20(23)25-2)8-18(16)12-21/h3-8H,9-12H2,1-2H3. The third-order valence-corrected chi connectivity index (χ3v) is 5.52. The molecule has 2 aromatic carbocycles. The average molecular weight is 336 g/mol. The number of methoxy groups -OCH3 is 2. The molecule has 0 radical (unpaired) electrons. The number of carbonyl (C=O) groups excluding carboxylic acids is 2. The Kier molecular flexibility index (Phi) is 3.64. The topological polar surface area (TPSA) is 52.6 Å². The molecular formula is C21H20O4. The lowest BCUT2D eigenvalue weighted by molar-refractivity contribution is 0.0591. The molecule has 2 aliphatic carbocycles. The zero-order chi connectivity index (χ0) is 17.6. The van der Waals surface area contributed by atoms with Gasteiger partial charge in [0, 0.05) is 0 Å². The largest absolute Gasteiger partial charge is 0.465 e. The Balaban J connectivity index is 1.60. The number of hydrogen-bond donors (Lipinski definition) is 0. The van der Waals surface area contributed by atoms with Gasteiger partial charge in [-0.15, -0.1) is 0 Å². The van der Waals surface area contributed by atoms with E-state index < -0.39 is 0 Å². The molecule has 25 heavy (non-hydrogen) atoms. The van der Waals surface area contributed by atoms with Crippen LogP contribution in [0.2, 0.25) is 0 Å². The highest BCUT2D eigenvalue weighted by molar-refractivity contribution is 5.90. The first kappa shape index (κ1) is 15.9. The molecule has 2 aromatic rings. The van der Waals surface area contributed by atoms with Gasteiger partial charge in [0.2, 0.25) is 0 Å². The predicted molar refractivity (Wildman–Crippen MR) is 92.8 cm³/mol. The molecule has 0 aliphatic heterocycles. The monoisotopic (exact) mass is 336 g/mol. The van der Waals surface area contributed by atoms with Crippen molar-refractivity contribution in [2.45, 2.75) is 25.7 Å². The van der Waals surface area contributed by atoms with Crippen molar-refractivity contribution in [1.82, 2.24) is 0 Å². The summed E-state index contributed by atoms with van der Waals surface area (Å²) in [6.45, 7) is 0. The van der Waals surface area contributed by atoms with Crippen LogP contribution in [0.15, 0.2) is 36.4 Å². The summed E-state index contributed by atoms with van der Waals surface area (Å²) in [6, 6.07) is 11.7. The summed E-state index contributed by atoms with van der Waals surface area (Å²) in [5.74, 6) is -0.581.